The van der Waals surface area contributed by atoms with Crippen molar-refractivity contribution in [3.8, 4) is 11.1 Å². The smallest absolute Gasteiger partial charge is 0.423 e. The van der Waals surface area contributed by atoms with Gasteiger partial charge in [0.05, 0.1) is 13.1 Å². The van der Waals surface area contributed by atoms with Crippen LogP contribution in [0.3, 0.4) is 0 Å². The van der Waals surface area contributed by atoms with Gasteiger partial charge in [-0.15, -0.1) is 0 Å². The van der Waals surface area contributed by atoms with Crippen LogP contribution in [0.1, 0.15) is 16.7 Å². The zero-order valence-electron chi connectivity index (χ0n) is 26.4. The monoisotopic (exact) mass is 842 g/mol. The molecule has 49 heavy (non-hydrogen) atoms. The summed E-state index contributed by atoms with van der Waals surface area (Å²) in [4.78, 5) is 7.81. The van der Waals surface area contributed by atoms with Crippen LogP contribution in [0.25, 0.3) is 11.1 Å². The maximum absolute atomic E-state index is 8.58. The topological polar surface area (TPSA) is 102 Å². The minimum atomic E-state index is -1.34. The minimum absolute atomic E-state index is 0.525. The molecule has 2 heterocycles. The van der Waals surface area contributed by atoms with Crippen LogP contribution in [0, 0.1) is 0 Å². The van der Waals surface area contributed by atoms with Crippen LogP contribution in [0.4, 0.5) is 0 Å². The summed E-state index contributed by atoms with van der Waals surface area (Å²) in [5, 5.41) is 26.2. The van der Waals surface area contributed by atoms with Crippen molar-refractivity contribution in [2.45, 2.75) is 18.4 Å². The number of hydrogen-bond acceptors (Lipinski definition) is 6. The van der Waals surface area contributed by atoms with E-state index in [0.29, 0.717) is 5.46 Å². The van der Waals surface area contributed by atoms with Crippen LogP contribution in [0.5, 0.6) is 0 Å². The first kappa shape index (κ1) is 37.6. The highest BCUT2D eigenvalue weighted by molar-refractivity contribution is 9.10. The molecule has 0 saturated heterocycles. The predicted molar refractivity (Wildman–Crippen MR) is 207 cm³/mol. The lowest BCUT2D eigenvalue weighted by molar-refractivity contribution is 0.426. The Morgan fingerprint density at radius 2 is 0.918 bits per heavy atom. The summed E-state index contributed by atoms with van der Waals surface area (Å²) in [6.07, 6.45) is 6.53. The highest BCUT2D eigenvalue weighted by atomic mass is 79.9. The lowest BCUT2D eigenvalue weighted by atomic mass is 9.81. The number of hydrogen-bond donors (Lipinski definition) is 2. The number of halogens is 3. The second kappa shape index (κ2) is 21.0. The summed E-state index contributed by atoms with van der Waals surface area (Å²) in [6.45, 7) is 1.53. The van der Waals surface area contributed by atoms with Crippen molar-refractivity contribution < 1.29 is 10.0 Å². The van der Waals surface area contributed by atoms with Crippen LogP contribution in [0.15, 0.2) is 168 Å². The first-order chi connectivity index (χ1) is 23.9. The van der Waals surface area contributed by atoms with Crippen LogP contribution in [-0.4, -0.2) is 46.7 Å². The second-order valence-electron chi connectivity index (χ2n) is 10.4. The van der Waals surface area contributed by atoms with E-state index in [1.54, 1.807) is 54.3 Å². The number of benzene rings is 5. The summed E-state index contributed by atoms with van der Waals surface area (Å²) in [5.74, 6) is 0. The van der Waals surface area contributed by atoms with Crippen molar-refractivity contribution in [3.05, 3.63) is 184 Å². The number of nitrogens with zero attached hydrogens (tertiary/aromatic N) is 6. The fourth-order valence-corrected chi connectivity index (χ4v) is 5.13. The maximum atomic E-state index is 8.58. The molecule has 0 amide bonds. The third kappa shape index (κ3) is 14.1. The molecule has 0 aliphatic heterocycles. The molecule has 12 heteroatoms. The van der Waals surface area contributed by atoms with E-state index in [4.69, 9.17) is 10.0 Å². The zero-order valence-corrected chi connectivity index (χ0v) is 31.2. The summed E-state index contributed by atoms with van der Waals surface area (Å²) in [5.41, 5.74) is 6.74. The minimum Gasteiger partial charge on any atom is -0.423 e. The zero-order chi connectivity index (χ0) is 34.7. The van der Waals surface area contributed by atoms with Crippen LogP contribution < -0.4 is 5.46 Å². The summed E-state index contributed by atoms with van der Waals surface area (Å²) >= 11 is 10.1. The summed E-state index contributed by atoms with van der Waals surface area (Å²) < 4.78 is 5.84. The fraction of sp³-hybridized carbons (Fsp3) is 0.0811. The Kier molecular flexibility index (Phi) is 16.1. The van der Waals surface area contributed by atoms with E-state index >= 15 is 0 Å². The Bertz CT molecular complexity index is 1860. The van der Waals surface area contributed by atoms with Gasteiger partial charge in [0.2, 0.25) is 0 Å². The Morgan fingerprint density at radius 1 is 0.510 bits per heavy atom. The van der Waals surface area contributed by atoms with E-state index in [1.807, 2.05) is 41.1 Å². The molecule has 248 valence electrons. The van der Waals surface area contributed by atoms with Crippen molar-refractivity contribution >= 4 is 60.4 Å². The van der Waals surface area contributed by atoms with Gasteiger partial charge in [0.25, 0.3) is 0 Å². The fourth-order valence-electron chi connectivity index (χ4n) is 4.22. The molecule has 0 atom stereocenters. The molecule has 0 bridgehead atoms. The molecule has 7 aromatic rings. The quantitative estimate of drug-likeness (QED) is 0.126. The molecule has 0 unspecified atom stereocenters. The number of rotatable bonds is 7. The molecule has 0 saturated carbocycles. The molecule has 0 aliphatic carbocycles. The first-order valence-electron chi connectivity index (χ1n) is 15.1. The van der Waals surface area contributed by atoms with Gasteiger partial charge in [-0.05, 0) is 57.5 Å². The van der Waals surface area contributed by atoms with Gasteiger partial charge in [0.15, 0.2) is 0 Å². The molecule has 0 aliphatic rings. The van der Waals surface area contributed by atoms with E-state index in [-0.39, 0.29) is 0 Å². The van der Waals surface area contributed by atoms with Crippen LogP contribution in [-0.2, 0) is 18.4 Å². The normalized spacial score (nSPS) is 9.98. The van der Waals surface area contributed by atoms with Crippen molar-refractivity contribution in [2.75, 3.05) is 0 Å². The Balaban J connectivity index is 0.000000154. The molecule has 7 rings (SSSR count). The van der Waals surface area contributed by atoms with Crippen molar-refractivity contribution in [3.63, 3.8) is 0 Å². The van der Waals surface area contributed by atoms with Crippen LogP contribution >= 0.6 is 47.8 Å². The summed E-state index contributed by atoms with van der Waals surface area (Å²) in [6, 6.07) is 44.0. The van der Waals surface area contributed by atoms with E-state index in [2.05, 4.69) is 141 Å². The summed E-state index contributed by atoms with van der Waals surface area (Å²) in [7, 11) is -1.34. The van der Waals surface area contributed by atoms with Crippen LogP contribution in [0.2, 0.25) is 0 Å². The Hall–Kier alpha value is -4.20. The van der Waals surface area contributed by atoms with Gasteiger partial charge >= 0.3 is 7.12 Å². The molecular formula is C37H34BBr3N6O2. The van der Waals surface area contributed by atoms with Crippen molar-refractivity contribution in [2.24, 2.45) is 0 Å². The van der Waals surface area contributed by atoms with Gasteiger partial charge < -0.3 is 10.0 Å². The SMILES string of the molecule is BrCc1ccc(Br)cc1.Brc1ccc(Cn2cncn2)cc1.OB(O)c1ccccc1.c1ccc(-c2ccc(Cn3cncn3)cc2)cc1. The van der Waals surface area contributed by atoms with Gasteiger partial charge in [0.1, 0.15) is 25.3 Å². The Labute approximate surface area is 312 Å². The highest BCUT2D eigenvalue weighted by Gasteiger charge is 2.07. The van der Waals surface area contributed by atoms with Gasteiger partial charge in [-0.1, -0.05) is 157 Å². The maximum Gasteiger partial charge on any atom is 0.488 e. The van der Waals surface area contributed by atoms with E-state index in [1.165, 1.54) is 27.8 Å². The average molecular weight is 845 g/mol. The molecule has 0 fully saturated rings. The second-order valence-corrected chi connectivity index (χ2v) is 12.8. The van der Waals surface area contributed by atoms with E-state index < -0.39 is 7.12 Å². The standard InChI is InChI=1S/C15H13N3.C9H8BrN3.C7H6Br2.C6H7BO2/c1-2-4-14(5-3-1)15-8-6-13(7-9-15)10-18-12-16-11-17-18;10-9-3-1-8(2-4-9)5-13-7-11-6-12-13;8-5-6-1-3-7(9)4-2-6;8-7(9)6-4-2-1-3-5-6/h1-9,11-12H,10H2;1-4,6-7H,5H2;1-4H,5H2;1-5,8-9H. The predicted octanol–water partition coefficient (Wildman–Crippen LogP) is 7.79. The van der Waals surface area contributed by atoms with E-state index in [0.717, 1.165) is 27.4 Å². The average Bonchev–Trinajstić information content (AvgIpc) is 3.87. The van der Waals surface area contributed by atoms with Gasteiger partial charge in [-0.25, -0.2) is 19.3 Å². The number of aromatic nitrogens is 6. The van der Waals surface area contributed by atoms with Crippen molar-refractivity contribution in [1.29, 1.82) is 0 Å². The molecule has 5 aromatic carbocycles. The largest absolute Gasteiger partial charge is 0.488 e. The van der Waals surface area contributed by atoms with Gasteiger partial charge in [-0.2, -0.15) is 10.2 Å². The Morgan fingerprint density at radius 3 is 1.31 bits per heavy atom. The van der Waals surface area contributed by atoms with Gasteiger partial charge in [0, 0.05) is 14.3 Å². The molecule has 8 nitrogen and oxygen atoms in total. The van der Waals surface area contributed by atoms with E-state index in [9.17, 15) is 0 Å². The molecule has 2 aromatic heterocycles. The lowest BCUT2D eigenvalue weighted by Crippen LogP contribution is -2.29. The third-order valence-corrected chi connectivity index (χ3v) is 8.47. The van der Waals surface area contributed by atoms with Crippen molar-refractivity contribution in [1.82, 2.24) is 29.5 Å². The highest BCUT2D eigenvalue weighted by Crippen LogP contribution is 2.19. The number of alkyl halides is 1. The molecule has 0 spiro atoms. The molecule has 2 N–H and O–H groups in total. The lowest BCUT2D eigenvalue weighted by Gasteiger charge is -2.04. The van der Waals surface area contributed by atoms with Gasteiger partial charge in [-0.3, -0.25) is 0 Å². The first-order valence-corrected chi connectivity index (χ1v) is 17.9. The molecule has 0 radical (unpaired) electrons. The third-order valence-electron chi connectivity index (χ3n) is 6.76. The molecular weight excluding hydrogens is 811 g/mol.